The highest BCUT2D eigenvalue weighted by atomic mass is 32.2. The highest BCUT2D eigenvalue weighted by molar-refractivity contribution is 7.90. The Bertz CT molecular complexity index is 1040. The molecule has 1 aromatic heterocycles. The third kappa shape index (κ3) is 6.11. The first kappa shape index (κ1) is 23.0. The zero-order valence-electron chi connectivity index (χ0n) is 16.7. The number of hydrogen-bond acceptors (Lipinski definition) is 9. The van der Waals surface area contributed by atoms with E-state index in [0.717, 1.165) is 18.1 Å². The van der Waals surface area contributed by atoms with E-state index in [9.17, 15) is 28.4 Å². The molecule has 0 aliphatic carbocycles. The lowest BCUT2D eigenvalue weighted by molar-refractivity contribution is -0.383. The summed E-state index contributed by atoms with van der Waals surface area (Å²) in [5, 5.41) is 26.5. The largest absolute Gasteiger partial charge is 0.480 e. The van der Waals surface area contributed by atoms with Gasteiger partial charge in [0, 0.05) is 11.9 Å². The van der Waals surface area contributed by atoms with Crippen LogP contribution in [0.1, 0.15) is 31.7 Å². The van der Waals surface area contributed by atoms with Crippen LogP contribution in [0.25, 0.3) is 0 Å². The molecule has 0 fully saturated rings. The monoisotopic (exact) mass is 437 g/mol. The molecule has 3 N–H and O–H groups in total. The fourth-order valence-corrected chi connectivity index (χ4v) is 3.41. The Morgan fingerprint density at radius 1 is 1.23 bits per heavy atom. The summed E-state index contributed by atoms with van der Waals surface area (Å²) in [6.45, 7) is 3.95. The molecule has 0 bridgehead atoms. The van der Waals surface area contributed by atoms with Crippen molar-refractivity contribution in [2.75, 3.05) is 22.6 Å². The fourth-order valence-electron chi connectivity index (χ4n) is 2.75. The van der Waals surface area contributed by atoms with E-state index in [0.29, 0.717) is 5.69 Å². The van der Waals surface area contributed by atoms with Crippen LogP contribution in [0.3, 0.4) is 0 Å². The summed E-state index contributed by atoms with van der Waals surface area (Å²) in [4.78, 5) is 30.3. The van der Waals surface area contributed by atoms with Gasteiger partial charge in [0.1, 0.15) is 22.2 Å². The molecule has 1 aromatic carbocycles. The number of para-hydroxylation sites is 1. The Morgan fingerprint density at radius 2 is 1.87 bits per heavy atom. The van der Waals surface area contributed by atoms with Crippen LogP contribution in [-0.4, -0.2) is 52.4 Å². The van der Waals surface area contributed by atoms with E-state index >= 15 is 0 Å². The predicted octanol–water partition coefficient (Wildman–Crippen LogP) is 2.55. The zero-order valence-corrected chi connectivity index (χ0v) is 17.5. The van der Waals surface area contributed by atoms with Crippen molar-refractivity contribution in [3.63, 3.8) is 0 Å². The molecule has 2 aromatic rings. The van der Waals surface area contributed by atoms with E-state index in [1.165, 1.54) is 0 Å². The van der Waals surface area contributed by atoms with Gasteiger partial charge < -0.3 is 15.7 Å². The molecule has 0 saturated carbocycles. The molecule has 0 aliphatic heterocycles. The van der Waals surface area contributed by atoms with Gasteiger partial charge in [0.25, 0.3) is 0 Å². The van der Waals surface area contributed by atoms with E-state index in [-0.39, 0.29) is 24.0 Å². The number of nitrogens with zero attached hydrogens (tertiary/aromatic N) is 3. The summed E-state index contributed by atoms with van der Waals surface area (Å²) in [6, 6.07) is 5.86. The number of aromatic nitrogens is 2. The topological polar surface area (TPSA) is 164 Å². The Balaban J connectivity index is 2.41. The van der Waals surface area contributed by atoms with Gasteiger partial charge in [0.05, 0.1) is 10.7 Å². The molecular weight excluding hydrogens is 414 g/mol. The third-order valence-corrected chi connectivity index (χ3v) is 5.20. The number of hydrogen-bond donors (Lipinski definition) is 3. The molecule has 30 heavy (non-hydrogen) atoms. The standard InChI is InChI=1S/C18H23N5O6S/c1-11(2)12-6-4-5-7-13(12)21-16-15(23(26)27)17(20-10-19-16)22-14(18(24)25)8-9-30(3,28)29/h4-7,10-11,14H,8-9H2,1-3H3,(H,24,25)(H2,19,20,21,22). The van der Waals surface area contributed by atoms with E-state index < -0.39 is 38.2 Å². The predicted molar refractivity (Wildman–Crippen MR) is 112 cm³/mol. The normalized spacial score (nSPS) is 12.4. The molecule has 2 rings (SSSR count). The summed E-state index contributed by atoms with van der Waals surface area (Å²) >= 11 is 0. The first-order valence-corrected chi connectivity index (χ1v) is 11.1. The molecule has 0 aliphatic rings. The third-order valence-electron chi connectivity index (χ3n) is 4.23. The van der Waals surface area contributed by atoms with Gasteiger partial charge >= 0.3 is 11.7 Å². The van der Waals surface area contributed by atoms with Crippen LogP contribution in [0.5, 0.6) is 0 Å². The minimum atomic E-state index is -3.42. The number of benzene rings is 1. The van der Waals surface area contributed by atoms with Crippen molar-refractivity contribution >= 4 is 38.8 Å². The minimum absolute atomic E-state index is 0.113. The van der Waals surface area contributed by atoms with Crippen LogP contribution < -0.4 is 10.6 Å². The molecule has 0 saturated heterocycles. The highest BCUT2D eigenvalue weighted by Crippen LogP contribution is 2.34. The van der Waals surface area contributed by atoms with E-state index in [1.807, 2.05) is 26.0 Å². The Labute approximate surface area is 173 Å². The van der Waals surface area contributed by atoms with Gasteiger partial charge in [0.2, 0.25) is 11.6 Å². The van der Waals surface area contributed by atoms with Crippen LogP contribution in [-0.2, 0) is 14.6 Å². The second-order valence-electron chi connectivity index (χ2n) is 7.00. The average molecular weight is 437 g/mol. The lowest BCUT2D eigenvalue weighted by Crippen LogP contribution is -2.32. The number of anilines is 3. The SMILES string of the molecule is CC(C)c1ccccc1Nc1ncnc(NC(CCS(C)(=O)=O)C(=O)O)c1[N+](=O)[O-]. The first-order chi connectivity index (χ1) is 14.0. The van der Waals surface area contributed by atoms with Crippen LogP contribution in [0.2, 0.25) is 0 Å². The second-order valence-corrected chi connectivity index (χ2v) is 9.26. The maximum atomic E-state index is 11.7. The Hall–Kier alpha value is -3.28. The highest BCUT2D eigenvalue weighted by Gasteiger charge is 2.28. The van der Waals surface area contributed by atoms with Gasteiger partial charge in [-0.1, -0.05) is 32.0 Å². The number of rotatable bonds is 10. The summed E-state index contributed by atoms with van der Waals surface area (Å²) in [5.74, 6) is -2.05. The molecule has 1 atom stereocenters. The summed E-state index contributed by atoms with van der Waals surface area (Å²) in [6.07, 6.45) is 1.76. The van der Waals surface area contributed by atoms with E-state index in [4.69, 9.17) is 0 Å². The van der Waals surface area contributed by atoms with Crippen LogP contribution in [0.4, 0.5) is 23.0 Å². The summed E-state index contributed by atoms with van der Waals surface area (Å²) in [7, 11) is -3.42. The molecule has 0 radical (unpaired) electrons. The van der Waals surface area contributed by atoms with Crippen molar-refractivity contribution in [3.8, 4) is 0 Å². The molecule has 12 heteroatoms. The molecule has 0 amide bonds. The zero-order chi connectivity index (χ0) is 22.5. The lowest BCUT2D eigenvalue weighted by Gasteiger charge is -2.17. The molecule has 1 heterocycles. The van der Waals surface area contributed by atoms with Crippen LogP contribution in [0.15, 0.2) is 30.6 Å². The van der Waals surface area contributed by atoms with Crippen molar-refractivity contribution in [1.82, 2.24) is 9.97 Å². The molecule has 11 nitrogen and oxygen atoms in total. The van der Waals surface area contributed by atoms with Crippen LogP contribution in [0, 0.1) is 10.1 Å². The fraction of sp³-hybridized carbons (Fsp3) is 0.389. The van der Waals surface area contributed by atoms with E-state index in [1.54, 1.807) is 12.1 Å². The van der Waals surface area contributed by atoms with Gasteiger partial charge in [-0.25, -0.2) is 23.2 Å². The molecular formula is C18H23N5O6S. The molecule has 0 spiro atoms. The number of aliphatic carboxylic acids is 1. The van der Waals surface area contributed by atoms with Gasteiger partial charge in [0.15, 0.2) is 0 Å². The minimum Gasteiger partial charge on any atom is -0.480 e. The smallest absolute Gasteiger partial charge is 0.353 e. The summed E-state index contributed by atoms with van der Waals surface area (Å²) in [5.41, 5.74) is 0.991. The van der Waals surface area contributed by atoms with Gasteiger partial charge in [-0.2, -0.15) is 0 Å². The molecule has 1 unspecified atom stereocenters. The Kier molecular flexibility index (Phi) is 7.27. The Morgan fingerprint density at radius 3 is 2.43 bits per heavy atom. The van der Waals surface area contributed by atoms with Crippen molar-refractivity contribution < 1.29 is 23.2 Å². The first-order valence-electron chi connectivity index (χ1n) is 9.02. The van der Waals surface area contributed by atoms with Gasteiger partial charge in [-0.05, 0) is 24.0 Å². The number of sulfone groups is 1. The van der Waals surface area contributed by atoms with Gasteiger partial charge in [-0.15, -0.1) is 0 Å². The molecule has 162 valence electrons. The van der Waals surface area contributed by atoms with Crippen LogP contribution >= 0.6 is 0 Å². The number of nitrogens with one attached hydrogen (secondary N) is 2. The number of carboxylic acid groups (broad SMARTS) is 1. The van der Waals surface area contributed by atoms with Crippen molar-refractivity contribution in [2.24, 2.45) is 0 Å². The summed E-state index contributed by atoms with van der Waals surface area (Å²) < 4.78 is 22.7. The maximum absolute atomic E-state index is 11.7. The average Bonchev–Trinajstić information content (AvgIpc) is 2.64. The number of carbonyl (C=O) groups is 1. The van der Waals surface area contributed by atoms with Gasteiger partial charge in [-0.3, -0.25) is 10.1 Å². The van der Waals surface area contributed by atoms with E-state index in [2.05, 4.69) is 20.6 Å². The number of carboxylic acids is 1. The quantitative estimate of drug-likeness (QED) is 0.371. The lowest BCUT2D eigenvalue weighted by atomic mass is 10.0. The second kappa shape index (κ2) is 9.48. The number of nitro groups is 1. The van der Waals surface area contributed by atoms with Crippen molar-refractivity contribution in [1.29, 1.82) is 0 Å². The van der Waals surface area contributed by atoms with Crippen molar-refractivity contribution in [3.05, 3.63) is 46.3 Å². The maximum Gasteiger partial charge on any atom is 0.353 e. The van der Waals surface area contributed by atoms with Crippen molar-refractivity contribution in [2.45, 2.75) is 32.2 Å².